The molecule has 2 atom stereocenters. The van der Waals surface area contributed by atoms with Crippen molar-refractivity contribution in [1.29, 1.82) is 0 Å². The Morgan fingerprint density at radius 2 is 1.25 bits per heavy atom. The summed E-state index contributed by atoms with van der Waals surface area (Å²) in [5.74, 6) is 0.959. The first-order valence-electron chi connectivity index (χ1n) is 7.51. The minimum absolute atomic E-state index is 0.959. The maximum atomic E-state index is 2.83. The minimum atomic E-state index is 0.959. The average molecular weight is 244 g/mol. The predicted octanol–water partition coefficient (Wildman–Crippen LogP) is 5.81. The van der Waals surface area contributed by atoms with Crippen LogP contribution in [0.4, 0.5) is 0 Å². The molecule has 16 heavy (non-hydrogen) atoms. The third kappa shape index (κ3) is 12.5. The number of hydrogen-bond donors (Lipinski definition) is 0. The highest BCUT2D eigenvalue weighted by Crippen LogP contribution is 2.16. The van der Waals surface area contributed by atoms with Gasteiger partial charge < -0.3 is 0 Å². The van der Waals surface area contributed by atoms with Gasteiger partial charge in [0.2, 0.25) is 0 Å². The summed E-state index contributed by atoms with van der Waals surface area (Å²) < 4.78 is 0. The van der Waals surface area contributed by atoms with Gasteiger partial charge in [0.15, 0.2) is 0 Å². The Kier molecular flexibility index (Phi) is 13.9. The molecule has 0 aromatic heterocycles. The molecule has 0 N–H and O–H groups in total. The van der Waals surface area contributed by atoms with E-state index >= 15 is 0 Å². The van der Waals surface area contributed by atoms with Crippen molar-refractivity contribution < 1.29 is 0 Å². The fourth-order valence-corrected chi connectivity index (χ4v) is 2.47. The highest BCUT2D eigenvalue weighted by atomic mass is 31.0. The van der Waals surface area contributed by atoms with E-state index in [1.807, 2.05) is 0 Å². The van der Waals surface area contributed by atoms with Gasteiger partial charge in [0.05, 0.1) is 0 Å². The lowest BCUT2D eigenvalue weighted by atomic mass is 9.98. The highest BCUT2D eigenvalue weighted by Gasteiger charge is 2.00. The van der Waals surface area contributed by atoms with E-state index in [2.05, 4.69) is 23.1 Å². The Morgan fingerprint density at radius 3 is 1.81 bits per heavy atom. The quantitative estimate of drug-likeness (QED) is 0.300. The average Bonchev–Trinajstić information content (AvgIpc) is 2.30. The monoisotopic (exact) mass is 244 g/mol. The molecule has 0 radical (unpaired) electrons. The van der Waals surface area contributed by atoms with Gasteiger partial charge in [0.25, 0.3) is 0 Å². The Balaban J connectivity index is 3.02. The molecule has 0 bridgehead atoms. The molecule has 0 fully saturated rings. The second kappa shape index (κ2) is 13.5. The molecule has 2 unspecified atom stereocenters. The van der Waals surface area contributed by atoms with Crippen LogP contribution in [0.15, 0.2) is 0 Å². The highest BCUT2D eigenvalue weighted by molar-refractivity contribution is 7.16. The molecule has 0 aliphatic heterocycles. The van der Waals surface area contributed by atoms with Crippen LogP contribution in [0.5, 0.6) is 0 Å². The predicted molar refractivity (Wildman–Crippen MR) is 80.2 cm³/mol. The van der Waals surface area contributed by atoms with Gasteiger partial charge in [0.1, 0.15) is 0 Å². The molecule has 0 rings (SSSR count). The molecular formula is C15H33P. The van der Waals surface area contributed by atoms with Gasteiger partial charge >= 0.3 is 0 Å². The fraction of sp³-hybridized carbons (Fsp3) is 1.00. The molecule has 1 heteroatoms. The summed E-state index contributed by atoms with van der Waals surface area (Å²) in [6.07, 6.45) is 17.2. The summed E-state index contributed by atoms with van der Waals surface area (Å²) >= 11 is 0. The Labute approximate surface area is 106 Å². The number of rotatable bonds is 12. The van der Waals surface area contributed by atoms with E-state index in [4.69, 9.17) is 0 Å². The molecule has 0 nitrogen and oxygen atoms in total. The molecule has 0 amide bonds. The van der Waals surface area contributed by atoms with E-state index < -0.39 is 0 Å². The second-order valence-electron chi connectivity index (χ2n) is 5.30. The molecule has 0 aromatic carbocycles. The Bertz CT molecular complexity index is 123. The standard InChI is InChI=1S/C15H33P/c1-3-4-5-6-7-8-9-10-12-15(2)13-11-14-16/h15H,3-14,16H2,1-2H3. The summed E-state index contributed by atoms with van der Waals surface area (Å²) in [7, 11) is 2.83. The molecule has 0 aromatic rings. The lowest BCUT2D eigenvalue weighted by Crippen LogP contribution is -1.95. The maximum Gasteiger partial charge on any atom is -0.0381 e. The van der Waals surface area contributed by atoms with Crippen LogP contribution >= 0.6 is 9.24 Å². The van der Waals surface area contributed by atoms with Crippen LogP contribution in [0.1, 0.15) is 84.5 Å². The van der Waals surface area contributed by atoms with Gasteiger partial charge in [-0.15, -0.1) is 9.24 Å². The molecule has 0 spiro atoms. The summed E-state index contributed by atoms with van der Waals surface area (Å²) in [6, 6.07) is 0. The van der Waals surface area contributed by atoms with E-state index in [1.165, 1.54) is 76.8 Å². The second-order valence-corrected chi connectivity index (χ2v) is 5.88. The van der Waals surface area contributed by atoms with Gasteiger partial charge in [-0.25, -0.2) is 0 Å². The Morgan fingerprint density at radius 1 is 0.750 bits per heavy atom. The first kappa shape index (κ1) is 16.4. The summed E-state index contributed by atoms with van der Waals surface area (Å²) in [4.78, 5) is 0. The maximum absolute atomic E-state index is 2.83. The first-order chi connectivity index (χ1) is 7.81. The number of hydrogen-bond acceptors (Lipinski definition) is 0. The normalized spacial score (nSPS) is 12.9. The van der Waals surface area contributed by atoms with E-state index in [-0.39, 0.29) is 0 Å². The molecular weight excluding hydrogens is 211 g/mol. The topological polar surface area (TPSA) is 0 Å². The third-order valence-corrected chi connectivity index (χ3v) is 3.86. The third-order valence-electron chi connectivity index (χ3n) is 3.45. The molecule has 0 saturated heterocycles. The van der Waals surface area contributed by atoms with Crippen LogP contribution in [0, 0.1) is 5.92 Å². The lowest BCUT2D eigenvalue weighted by Gasteiger charge is -2.09. The summed E-state index contributed by atoms with van der Waals surface area (Å²) in [5.41, 5.74) is 0. The first-order valence-corrected chi connectivity index (χ1v) is 8.33. The fourth-order valence-electron chi connectivity index (χ4n) is 2.24. The van der Waals surface area contributed by atoms with Crippen LogP contribution in [-0.4, -0.2) is 6.16 Å². The lowest BCUT2D eigenvalue weighted by molar-refractivity contribution is 0.451. The van der Waals surface area contributed by atoms with E-state index in [0.717, 1.165) is 5.92 Å². The van der Waals surface area contributed by atoms with Crippen molar-refractivity contribution in [2.45, 2.75) is 84.5 Å². The molecule has 0 heterocycles. The largest absolute Gasteiger partial charge is 0.138 e. The van der Waals surface area contributed by atoms with Crippen LogP contribution in [-0.2, 0) is 0 Å². The van der Waals surface area contributed by atoms with Crippen molar-refractivity contribution in [3.63, 3.8) is 0 Å². The molecule has 0 aliphatic carbocycles. The van der Waals surface area contributed by atoms with Gasteiger partial charge in [0, 0.05) is 0 Å². The van der Waals surface area contributed by atoms with Gasteiger partial charge in [-0.05, 0) is 18.5 Å². The zero-order valence-corrected chi connectivity index (χ0v) is 12.8. The van der Waals surface area contributed by atoms with Gasteiger partial charge in [-0.1, -0.05) is 78.1 Å². The van der Waals surface area contributed by atoms with E-state index in [9.17, 15) is 0 Å². The molecule has 0 saturated carbocycles. The van der Waals surface area contributed by atoms with Crippen molar-refractivity contribution in [1.82, 2.24) is 0 Å². The van der Waals surface area contributed by atoms with Crippen molar-refractivity contribution in [3.05, 3.63) is 0 Å². The molecule has 98 valence electrons. The zero-order valence-electron chi connectivity index (χ0n) is 11.6. The van der Waals surface area contributed by atoms with E-state index in [1.54, 1.807) is 0 Å². The van der Waals surface area contributed by atoms with Crippen molar-refractivity contribution in [2.24, 2.45) is 5.92 Å². The van der Waals surface area contributed by atoms with Gasteiger partial charge in [-0.3, -0.25) is 0 Å². The summed E-state index contributed by atoms with van der Waals surface area (Å²) in [5, 5.41) is 0. The zero-order chi connectivity index (χ0) is 12.1. The SMILES string of the molecule is CCCCCCCCCCC(C)CCCP. The minimum Gasteiger partial charge on any atom is -0.138 e. The van der Waals surface area contributed by atoms with Crippen molar-refractivity contribution >= 4 is 9.24 Å². The smallest absolute Gasteiger partial charge is 0.0381 e. The molecule has 0 aliphatic rings. The van der Waals surface area contributed by atoms with Crippen molar-refractivity contribution in [2.75, 3.05) is 6.16 Å². The van der Waals surface area contributed by atoms with Crippen LogP contribution in [0.3, 0.4) is 0 Å². The van der Waals surface area contributed by atoms with Crippen LogP contribution in [0.2, 0.25) is 0 Å². The van der Waals surface area contributed by atoms with Gasteiger partial charge in [-0.2, -0.15) is 0 Å². The van der Waals surface area contributed by atoms with Crippen molar-refractivity contribution in [3.8, 4) is 0 Å². The number of unbranched alkanes of at least 4 members (excludes halogenated alkanes) is 7. The van der Waals surface area contributed by atoms with Crippen LogP contribution in [0.25, 0.3) is 0 Å². The van der Waals surface area contributed by atoms with E-state index in [0.29, 0.717) is 0 Å². The van der Waals surface area contributed by atoms with Crippen LogP contribution < -0.4 is 0 Å². The Hall–Kier alpha value is 0.430. The summed E-state index contributed by atoms with van der Waals surface area (Å²) in [6.45, 7) is 4.71.